The van der Waals surface area contributed by atoms with Gasteiger partial charge in [0, 0.05) is 13.1 Å². The lowest BCUT2D eigenvalue weighted by Crippen LogP contribution is -2.32. The summed E-state index contributed by atoms with van der Waals surface area (Å²) in [6, 6.07) is 2.24. The number of alkyl halides is 3. The zero-order valence-electron chi connectivity index (χ0n) is 10.4. The molecule has 0 amide bonds. The van der Waals surface area contributed by atoms with E-state index >= 15 is 0 Å². The number of ether oxygens (including phenoxy) is 1. The lowest BCUT2D eigenvalue weighted by atomic mass is 10.3. The Hall–Kier alpha value is -1.52. The molecule has 0 unspecified atom stereocenters. The second kappa shape index (κ2) is 6.08. The fraction of sp³-hybridized carbons (Fsp3) is 0.300. The maximum Gasteiger partial charge on any atom is 0.573 e. The maximum atomic E-state index is 12.0. The molecule has 1 aromatic rings. The number of aliphatic carboxylic acids is 1. The van der Waals surface area contributed by atoms with E-state index in [1.165, 1.54) is 0 Å². The molecule has 1 N–H and O–H groups in total. The van der Waals surface area contributed by atoms with Gasteiger partial charge in [0.05, 0.1) is 5.02 Å². The summed E-state index contributed by atoms with van der Waals surface area (Å²) in [5, 5.41) is 8.03. The normalized spacial score (nSPS) is 12.5. The van der Waals surface area contributed by atoms with Gasteiger partial charge in [-0.1, -0.05) is 11.6 Å². The average Bonchev–Trinajstić information content (AvgIpc) is 2.25. The van der Waals surface area contributed by atoms with Gasteiger partial charge < -0.3 is 9.84 Å². The molecule has 0 spiro atoms. The van der Waals surface area contributed by atoms with Crippen molar-refractivity contribution in [3.63, 3.8) is 0 Å². The van der Waals surface area contributed by atoms with Gasteiger partial charge in [-0.15, -0.1) is 13.2 Å². The van der Waals surface area contributed by atoms with Crippen LogP contribution in [-0.4, -0.2) is 43.8 Å². The topological polar surface area (TPSA) is 83.9 Å². The molecule has 118 valence electrons. The third-order valence-electron chi connectivity index (χ3n) is 2.18. The molecule has 0 atom stereocenters. The highest BCUT2D eigenvalue weighted by Gasteiger charge is 2.32. The van der Waals surface area contributed by atoms with Crippen LogP contribution in [0.25, 0.3) is 0 Å². The van der Waals surface area contributed by atoms with Gasteiger partial charge in [-0.2, -0.15) is 4.31 Å². The highest BCUT2D eigenvalue weighted by molar-refractivity contribution is 7.89. The zero-order valence-corrected chi connectivity index (χ0v) is 12.0. The van der Waals surface area contributed by atoms with E-state index in [1.807, 2.05) is 0 Å². The highest BCUT2D eigenvalue weighted by Crippen LogP contribution is 2.30. The summed E-state index contributed by atoms with van der Waals surface area (Å²) in [5.74, 6) is -2.08. The number of carboxylic acids is 1. The predicted octanol–water partition coefficient (Wildman–Crippen LogP) is 1.94. The van der Waals surface area contributed by atoms with Gasteiger partial charge in [-0.05, 0) is 12.1 Å². The minimum atomic E-state index is -4.94. The van der Waals surface area contributed by atoms with Crippen LogP contribution >= 0.6 is 11.6 Å². The molecule has 1 rings (SSSR count). The summed E-state index contributed by atoms with van der Waals surface area (Å²) in [6.45, 7) is -0.820. The molecular weight excluding hydrogens is 339 g/mol. The van der Waals surface area contributed by atoms with E-state index in [1.54, 1.807) is 0 Å². The summed E-state index contributed by atoms with van der Waals surface area (Å²) in [4.78, 5) is 9.97. The van der Waals surface area contributed by atoms with Crippen molar-refractivity contribution in [2.24, 2.45) is 0 Å². The van der Waals surface area contributed by atoms with Gasteiger partial charge in [0.1, 0.15) is 17.2 Å². The SMILES string of the molecule is CN(CC(=O)O)S(=O)(=O)c1ccc(OC(F)(F)F)cc1Cl. The Morgan fingerprint density at radius 1 is 1.43 bits per heavy atom. The molecule has 0 saturated heterocycles. The second-order valence-electron chi connectivity index (χ2n) is 3.79. The van der Waals surface area contributed by atoms with Gasteiger partial charge >= 0.3 is 12.3 Å². The Balaban J connectivity index is 3.12. The first-order chi connectivity index (χ1) is 9.43. The zero-order chi connectivity index (χ0) is 16.4. The number of nitrogens with zero attached hydrogens (tertiary/aromatic N) is 1. The van der Waals surface area contributed by atoms with Gasteiger partial charge in [-0.25, -0.2) is 8.42 Å². The van der Waals surface area contributed by atoms with Crippen molar-refractivity contribution in [1.29, 1.82) is 0 Å². The third kappa shape index (κ3) is 4.76. The van der Waals surface area contributed by atoms with Crippen LogP contribution < -0.4 is 4.74 Å². The number of rotatable bonds is 5. The standard InChI is InChI=1S/C10H9ClF3NO5S/c1-15(5-9(16)17)21(18,19)8-3-2-6(4-7(8)11)20-10(12,13)14/h2-4H,5H2,1H3,(H,16,17). The second-order valence-corrected chi connectivity index (χ2v) is 6.22. The average molecular weight is 348 g/mol. The minimum absolute atomic E-state index is 0.501. The van der Waals surface area contributed by atoms with Gasteiger partial charge in [0.15, 0.2) is 0 Å². The molecule has 0 aliphatic heterocycles. The van der Waals surface area contributed by atoms with Crippen LogP contribution in [0.3, 0.4) is 0 Å². The third-order valence-corrected chi connectivity index (χ3v) is 4.47. The van der Waals surface area contributed by atoms with Crippen molar-refractivity contribution in [1.82, 2.24) is 4.31 Å². The molecule has 0 fully saturated rings. The van der Waals surface area contributed by atoms with E-state index in [0.717, 1.165) is 19.2 Å². The molecule has 0 heterocycles. The van der Waals surface area contributed by atoms with Crippen LogP contribution in [0.1, 0.15) is 0 Å². The quantitative estimate of drug-likeness (QED) is 0.880. The monoisotopic (exact) mass is 347 g/mol. The summed E-state index contributed by atoms with van der Waals surface area (Å²) in [6.07, 6.45) is -4.94. The maximum absolute atomic E-state index is 12.0. The number of hydrogen-bond acceptors (Lipinski definition) is 4. The fourth-order valence-electron chi connectivity index (χ4n) is 1.33. The number of carbonyl (C=O) groups is 1. The number of sulfonamides is 1. The Morgan fingerprint density at radius 2 is 2.00 bits per heavy atom. The van der Waals surface area contributed by atoms with Crippen LogP contribution in [0.5, 0.6) is 5.75 Å². The molecule has 6 nitrogen and oxygen atoms in total. The molecule has 21 heavy (non-hydrogen) atoms. The minimum Gasteiger partial charge on any atom is -0.480 e. The van der Waals surface area contributed by atoms with Gasteiger partial charge in [-0.3, -0.25) is 4.79 Å². The molecular formula is C10H9ClF3NO5S. The van der Waals surface area contributed by atoms with Crippen LogP contribution in [0.4, 0.5) is 13.2 Å². The summed E-state index contributed by atoms with van der Waals surface area (Å²) in [5.41, 5.74) is 0. The molecule has 0 bridgehead atoms. The van der Waals surface area contributed by atoms with E-state index in [9.17, 15) is 26.4 Å². The summed E-state index contributed by atoms with van der Waals surface area (Å²) < 4.78 is 64.2. The molecule has 11 heteroatoms. The Labute approximate surface area is 122 Å². The molecule has 0 saturated carbocycles. The van der Waals surface area contributed by atoms with Crippen LogP contribution in [0, 0.1) is 0 Å². The van der Waals surface area contributed by atoms with Gasteiger partial charge in [0.2, 0.25) is 10.0 Å². The number of hydrogen-bond donors (Lipinski definition) is 1. The van der Waals surface area contributed by atoms with Crippen molar-refractivity contribution in [3.05, 3.63) is 23.2 Å². The van der Waals surface area contributed by atoms with E-state index in [2.05, 4.69) is 4.74 Å². The first-order valence-electron chi connectivity index (χ1n) is 5.17. The molecule has 0 aliphatic carbocycles. The number of benzene rings is 1. The van der Waals surface area contributed by atoms with E-state index in [4.69, 9.17) is 16.7 Å². The van der Waals surface area contributed by atoms with Crippen molar-refractivity contribution in [2.75, 3.05) is 13.6 Å². The lowest BCUT2D eigenvalue weighted by molar-refractivity contribution is -0.274. The van der Waals surface area contributed by atoms with E-state index in [0.29, 0.717) is 10.4 Å². The molecule has 0 aromatic heterocycles. The van der Waals surface area contributed by atoms with Crippen molar-refractivity contribution in [2.45, 2.75) is 11.3 Å². The van der Waals surface area contributed by atoms with Crippen LogP contribution in [0.15, 0.2) is 23.1 Å². The van der Waals surface area contributed by atoms with Crippen LogP contribution in [0.2, 0.25) is 5.02 Å². The summed E-state index contributed by atoms with van der Waals surface area (Å²) >= 11 is 5.62. The fourth-order valence-corrected chi connectivity index (χ4v) is 2.96. The van der Waals surface area contributed by atoms with Crippen molar-refractivity contribution >= 4 is 27.6 Å². The Bertz CT molecular complexity index is 647. The number of likely N-dealkylation sites (N-methyl/N-ethyl adjacent to an activating group) is 1. The Kier molecular flexibility index (Phi) is 5.07. The van der Waals surface area contributed by atoms with Crippen LogP contribution in [-0.2, 0) is 14.8 Å². The molecule has 1 aromatic carbocycles. The smallest absolute Gasteiger partial charge is 0.480 e. The largest absolute Gasteiger partial charge is 0.573 e. The van der Waals surface area contributed by atoms with Crippen molar-refractivity contribution in [3.8, 4) is 5.75 Å². The molecule has 0 radical (unpaired) electrons. The van der Waals surface area contributed by atoms with E-state index < -0.39 is 44.6 Å². The molecule has 0 aliphatic rings. The first-order valence-corrected chi connectivity index (χ1v) is 6.98. The summed E-state index contributed by atoms with van der Waals surface area (Å²) in [7, 11) is -3.24. The number of carboxylic acid groups (broad SMARTS) is 1. The number of halogens is 4. The highest BCUT2D eigenvalue weighted by atomic mass is 35.5. The Morgan fingerprint density at radius 3 is 2.43 bits per heavy atom. The van der Waals surface area contributed by atoms with Crippen molar-refractivity contribution < 1.29 is 36.2 Å². The predicted molar refractivity (Wildman–Crippen MR) is 65.6 cm³/mol. The van der Waals surface area contributed by atoms with Gasteiger partial charge in [0.25, 0.3) is 0 Å². The van der Waals surface area contributed by atoms with E-state index in [-0.39, 0.29) is 0 Å². The first kappa shape index (κ1) is 17.5. The lowest BCUT2D eigenvalue weighted by Gasteiger charge is -2.16.